The van der Waals surface area contributed by atoms with E-state index < -0.39 is 0 Å². The molecule has 124 valence electrons. The Morgan fingerprint density at radius 2 is 1.83 bits per heavy atom. The molecule has 2 aromatic rings. The van der Waals surface area contributed by atoms with Crippen LogP contribution in [-0.4, -0.2) is 29.3 Å². The number of amides is 1. The highest BCUT2D eigenvalue weighted by Gasteiger charge is 2.38. The smallest absolute Gasteiger partial charge is 0.236 e. The molecule has 1 fully saturated rings. The Morgan fingerprint density at radius 3 is 2.62 bits per heavy atom. The predicted molar refractivity (Wildman–Crippen MR) is 94.2 cm³/mol. The molecule has 0 N–H and O–H groups in total. The van der Waals surface area contributed by atoms with E-state index >= 15 is 0 Å². The van der Waals surface area contributed by atoms with Crippen LogP contribution in [-0.2, 0) is 11.3 Å². The molecule has 1 amide bonds. The fourth-order valence-corrected chi connectivity index (χ4v) is 4.35. The number of benzene rings is 2. The van der Waals surface area contributed by atoms with Gasteiger partial charge in [-0.05, 0) is 30.2 Å². The van der Waals surface area contributed by atoms with Gasteiger partial charge in [-0.1, -0.05) is 36.4 Å². The van der Waals surface area contributed by atoms with E-state index in [0.717, 1.165) is 22.6 Å². The molecule has 4 rings (SSSR count). The Hall–Kier alpha value is -2.14. The van der Waals surface area contributed by atoms with Crippen molar-refractivity contribution in [3.63, 3.8) is 0 Å². The van der Waals surface area contributed by atoms with Crippen molar-refractivity contribution >= 4 is 17.7 Å². The maximum atomic E-state index is 12.6. The van der Waals surface area contributed by atoms with Gasteiger partial charge in [-0.3, -0.25) is 4.79 Å². The van der Waals surface area contributed by atoms with E-state index in [1.54, 1.807) is 11.8 Å². The molecular weight excluding hydrogens is 322 g/mol. The SMILES string of the molecule is C[C@H]1S[C@@H](c2ccc3c(c2)OCCO3)N(Cc2ccccc2)C1=O. The summed E-state index contributed by atoms with van der Waals surface area (Å²) in [4.78, 5) is 14.6. The largest absolute Gasteiger partial charge is 0.486 e. The summed E-state index contributed by atoms with van der Waals surface area (Å²) < 4.78 is 11.3. The Balaban J connectivity index is 1.63. The molecule has 0 bridgehead atoms. The first kappa shape index (κ1) is 15.4. The van der Waals surface area contributed by atoms with Crippen LogP contribution in [0.25, 0.3) is 0 Å². The lowest BCUT2D eigenvalue weighted by Gasteiger charge is -2.26. The summed E-state index contributed by atoms with van der Waals surface area (Å²) >= 11 is 1.68. The van der Waals surface area contributed by atoms with Gasteiger partial charge in [-0.2, -0.15) is 0 Å². The van der Waals surface area contributed by atoms with Crippen molar-refractivity contribution in [1.29, 1.82) is 0 Å². The van der Waals surface area contributed by atoms with Crippen molar-refractivity contribution in [2.45, 2.75) is 24.1 Å². The van der Waals surface area contributed by atoms with Crippen molar-refractivity contribution < 1.29 is 14.3 Å². The van der Waals surface area contributed by atoms with Gasteiger partial charge in [-0.25, -0.2) is 0 Å². The summed E-state index contributed by atoms with van der Waals surface area (Å²) in [7, 11) is 0. The summed E-state index contributed by atoms with van der Waals surface area (Å²) in [6, 6.07) is 16.1. The van der Waals surface area contributed by atoms with Crippen LogP contribution in [0.1, 0.15) is 23.4 Å². The fraction of sp³-hybridized carbons (Fsp3) is 0.316. The van der Waals surface area contributed by atoms with Gasteiger partial charge in [0, 0.05) is 6.54 Å². The maximum Gasteiger partial charge on any atom is 0.236 e. The molecule has 2 aromatic carbocycles. The topological polar surface area (TPSA) is 38.8 Å². The zero-order chi connectivity index (χ0) is 16.5. The molecule has 0 unspecified atom stereocenters. The van der Waals surface area contributed by atoms with Crippen LogP contribution in [0, 0.1) is 0 Å². The Kier molecular flexibility index (Phi) is 4.10. The minimum Gasteiger partial charge on any atom is -0.486 e. The Bertz CT molecular complexity index is 750. The van der Waals surface area contributed by atoms with E-state index in [0.29, 0.717) is 19.8 Å². The molecule has 2 heterocycles. The van der Waals surface area contributed by atoms with E-state index in [4.69, 9.17) is 9.47 Å². The number of nitrogens with zero attached hydrogens (tertiary/aromatic N) is 1. The molecule has 2 aliphatic heterocycles. The number of carbonyl (C=O) groups is 1. The third-order valence-corrected chi connectivity index (χ3v) is 5.69. The van der Waals surface area contributed by atoms with Crippen LogP contribution in [0.3, 0.4) is 0 Å². The van der Waals surface area contributed by atoms with Gasteiger partial charge in [-0.15, -0.1) is 11.8 Å². The standard InChI is InChI=1S/C19H19NO3S/c1-13-18(21)20(12-14-5-3-2-4-6-14)19(24-13)15-7-8-16-17(11-15)23-10-9-22-16/h2-8,11,13,19H,9-10,12H2,1H3/t13-,19+/m1/s1. The predicted octanol–water partition coefficient (Wildman–Crippen LogP) is 3.62. The van der Waals surface area contributed by atoms with Crippen molar-refractivity contribution in [1.82, 2.24) is 4.90 Å². The molecule has 2 aliphatic rings. The molecular formula is C19H19NO3S. The maximum absolute atomic E-state index is 12.6. The van der Waals surface area contributed by atoms with Crippen molar-refractivity contribution in [3.8, 4) is 11.5 Å². The zero-order valence-electron chi connectivity index (χ0n) is 13.5. The minimum atomic E-state index is -0.0353. The van der Waals surface area contributed by atoms with Gasteiger partial charge < -0.3 is 14.4 Å². The van der Waals surface area contributed by atoms with Crippen LogP contribution in [0.15, 0.2) is 48.5 Å². The summed E-state index contributed by atoms with van der Waals surface area (Å²) in [5.74, 6) is 1.73. The summed E-state index contributed by atoms with van der Waals surface area (Å²) in [6.45, 7) is 3.75. The highest BCUT2D eigenvalue weighted by Crippen LogP contribution is 2.45. The molecule has 4 nitrogen and oxygen atoms in total. The van der Waals surface area contributed by atoms with E-state index in [1.807, 2.05) is 48.2 Å². The third kappa shape index (κ3) is 2.84. The van der Waals surface area contributed by atoms with Crippen LogP contribution in [0.2, 0.25) is 0 Å². The number of hydrogen-bond acceptors (Lipinski definition) is 4. The Labute approximate surface area is 145 Å². The van der Waals surface area contributed by atoms with Gasteiger partial charge in [0.2, 0.25) is 5.91 Å². The molecule has 5 heteroatoms. The van der Waals surface area contributed by atoms with Gasteiger partial charge >= 0.3 is 0 Å². The van der Waals surface area contributed by atoms with Crippen LogP contribution in [0.5, 0.6) is 11.5 Å². The van der Waals surface area contributed by atoms with Crippen molar-refractivity contribution in [3.05, 3.63) is 59.7 Å². The average Bonchev–Trinajstić information content (AvgIpc) is 2.90. The van der Waals surface area contributed by atoms with E-state index in [-0.39, 0.29) is 16.5 Å². The normalized spacial score (nSPS) is 22.7. The molecule has 2 atom stereocenters. The molecule has 0 spiro atoms. The van der Waals surface area contributed by atoms with E-state index in [1.165, 1.54) is 0 Å². The summed E-state index contributed by atoms with van der Waals surface area (Å²) in [6.07, 6.45) is 0. The second-order valence-electron chi connectivity index (χ2n) is 5.99. The fourth-order valence-electron chi connectivity index (χ4n) is 3.09. The molecule has 0 aromatic heterocycles. The highest BCUT2D eigenvalue weighted by atomic mass is 32.2. The molecule has 24 heavy (non-hydrogen) atoms. The second-order valence-corrected chi connectivity index (χ2v) is 7.41. The minimum absolute atomic E-state index is 0.00327. The first-order valence-corrected chi connectivity index (χ1v) is 9.06. The third-order valence-electron chi connectivity index (χ3n) is 4.29. The number of carbonyl (C=O) groups excluding carboxylic acids is 1. The molecule has 0 aliphatic carbocycles. The molecule has 0 saturated carbocycles. The monoisotopic (exact) mass is 341 g/mol. The Morgan fingerprint density at radius 1 is 1.08 bits per heavy atom. The lowest BCUT2D eigenvalue weighted by atomic mass is 10.1. The van der Waals surface area contributed by atoms with Gasteiger partial charge in [0.05, 0.1) is 5.25 Å². The first-order valence-electron chi connectivity index (χ1n) is 8.12. The molecule has 1 saturated heterocycles. The number of fused-ring (bicyclic) bond motifs is 1. The quantitative estimate of drug-likeness (QED) is 0.855. The highest BCUT2D eigenvalue weighted by molar-refractivity contribution is 8.01. The number of thioether (sulfide) groups is 1. The van der Waals surface area contributed by atoms with E-state index in [2.05, 4.69) is 12.1 Å². The van der Waals surface area contributed by atoms with E-state index in [9.17, 15) is 4.79 Å². The van der Waals surface area contributed by atoms with Crippen molar-refractivity contribution in [2.24, 2.45) is 0 Å². The summed E-state index contributed by atoms with van der Waals surface area (Å²) in [5.41, 5.74) is 2.22. The van der Waals surface area contributed by atoms with Gasteiger partial charge in [0.15, 0.2) is 11.5 Å². The van der Waals surface area contributed by atoms with Crippen LogP contribution < -0.4 is 9.47 Å². The first-order chi connectivity index (χ1) is 11.7. The zero-order valence-corrected chi connectivity index (χ0v) is 14.3. The lowest BCUT2D eigenvalue weighted by Crippen LogP contribution is -2.29. The average molecular weight is 341 g/mol. The number of hydrogen-bond donors (Lipinski definition) is 0. The van der Waals surface area contributed by atoms with Gasteiger partial charge in [0.1, 0.15) is 18.6 Å². The number of ether oxygens (including phenoxy) is 2. The lowest BCUT2D eigenvalue weighted by molar-refractivity contribution is -0.130. The van der Waals surface area contributed by atoms with Crippen molar-refractivity contribution in [2.75, 3.05) is 13.2 Å². The number of rotatable bonds is 3. The molecule has 0 radical (unpaired) electrons. The van der Waals surface area contributed by atoms with Gasteiger partial charge in [0.25, 0.3) is 0 Å². The summed E-state index contributed by atoms with van der Waals surface area (Å²) in [5, 5.41) is -0.0320. The van der Waals surface area contributed by atoms with Crippen LogP contribution >= 0.6 is 11.8 Å². The second kappa shape index (κ2) is 6.40. The van der Waals surface area contributed by atoms with Crippen LogP contribution in [0.4, 0.5) is 0 Å².